The second-order valence-electron chi connectivity index (χ2n) is 4.43. The third kappa shape index (κ3) is 1.82. The van der Waals surface area contributed by atoms with Gasteiger partial charge in [0.25, 0.3) is 5.91 Å². The van der Waals surface area contributed by atoms with Crippen molar-refractivity contribution >= 4 is 27.3 Å². The highest BCUT2D eigenvalue weighted by atomic mass is 32.1. The summed E-state index contributed by atoms with van der Waals surface area (Å²) in [6.07, 6.45) is 0. The Kier molecular flexibility index (Phi) is 2.64. The SMILES string of the molecule is Cc1sc2ccccc2c1-c1cc(C(N)=O)nn1C. The Morgan fingerprint density at radius 3 is 2.79 bits per heavy atom. The quantitative estimate of drug-likeness (QED) is 0.779. The Bertz CT molecular complexity index is 785. The number of nitrogens with two attached hydrogens (primary N) is 1. The molecule has 19 heavy (non-hydrogen) atoms. The van der Waals surface area contributed by atoms with Crippen LogP contribution in [0.1, 0.15) is 15.4 Å². The van der Waals surface area contributed by atoms with Crippen LogP contribution in [-0.2, 0) is 7.05 Å². The Hall–Kier alpha value is -2.14. The lowest BCUT2D eigenvalue weighted by Gasteiger charge is -2.01. The fourth-order valence-electron chi connectivity index (χ4n) is 2.31. The second kappa shape index (κ2) is 4.20. The average Bonchev–Trinajstić information content (AvgIpc) is 2.88. The molecule has 5 heteroatoms. The summed E-state index contributed by atoms with van der Waals surface area (Å²) in [7, 11) is 1.83. The smallest absolute Gasteiger partial charge is 0.269 e. The minimum atomic E-state index is -0.501. The summed E-state index contributed by atoms with van der Waals surface area (Å²) in [5, 5.41) is 5.35. The van der Waals surface area contributed by atoms with E-state index in [2.05, 4.69) is 24.2 Å². The fourth-order valence-corrected chi connectivity index (χ4v) is 3.38. The van der Waals surface area contributed by atoms with Crippen LogP contribution in [0.15, 0.2) is 30.3 Å². The third-order valence-corrected chi connectivity index (χ3v) is 4.25. The van der Waals surface area contributed by atoms with E-state index in [0.29, 0.717) is 5.69 Å². The largest absolute Gasteiger partial charge is 0.364 e. The van der Waals surface area contributed by atoms with Gasteiger partial charge in [-0.2, -0.15) is 5.10 Å². The minimum Gasteiger partial charge on any atom is -0.364 e. The molecule has 2 N–H and O–H groups in total. The fraction of sp³-hybridized carbons (Fsp3) is 0.143. The van der Waals surface area contributed by atoms with E-state index in [0.717, 1.165) is 11.3 Å². The average molecular weight is 271 g/mol. The summed E-state index contributed by atoms with van der Waals surface area (Å²) in [6.45, 7) is 2.08. The van der Waals surface area contributed by atoms with Crippen molar-refractivity contribution in [3.63, 3.8) is 0 Å². The van der Waals surface area contributed by atoms with Crippen LogP contribution in [0.4, 0.5) is 0 Å². The number of primary amides is 1. The van der Waals surface area contributed by atoms with Gasteiger partial charge in [0.1, 0.15) is 0 Å². The number of fused-ring (bicyclic) bond motifs is 1. The number of hydrogen-bond acceptors (Lipinski definition) is 3. The van der Waals surface area contributed by atoms with Gasteiger partial charge in [0.05, 0.1) is 5.69 Å². The molecule has 0 fully saturated rings. The highest BCUT2D eigenvalue weighted by Gasteiger charge is 2.17. The van der Waals surface area contributed by atoms with E-state index in [4.69, 9.17) is 5.73 Å². The van der Waals surface area contributed by atoms with Gasteiger partial charge < -0.3 is 5.73 Å². The van der Waals surface area contributed by atoms with Gasteiger partial charge in [0.2, 0.25) is 0 Å². The van der Waals surface area contributed by atoms with Crippen LogP contribution in [0.2, 0.25) is 0 Å². The first-order valence-electron chi connectivity index (χ1n) is 5.90. The monoisotopic (exact) mass is 271 g/mol. The molecule has 1 amide bonds. The van der Waals surface area contributed by atoms with Crippen LogP contribution < -0.4 is 5.73 Å². The molecule has 4 nitrogen and oxygen atoms in total. The number of nitrogens with zero attached hydrogens (tertiary/aromatic N) is 2. The van der Waals surface area contributed by atoms with E-state index in [1.807, 2.05) is 19.2 Å². The zero-order chi connectivity index (χ0) is 13.6. The van der Waals surface area contributed by atoms with Gasteiger partial charge >= 0.3 is 0 Å². The topological polar surface area (TPSA) is 60.9 Å². The van der Waals surface area contributed by atoms with Crippen molar-refractivity contribution in [3.05, 3.63) is 40.9 Å². The molecule has 2 aromatic heterocycles. The molecule has 0 aliphatic rings. The van der Waals surface area contributed by atoms with E-state index in [1.54, 1.807) is 22.1 Å². The van der Waals surface area contributed by atoms with Crippen molar-refractivity contribution in [1.29, 1.82) is 0 Å². The number of amides is 1. The number of carbonyl (C=O) groups is 1. The van der Waals surface area contributed by atoms with E-state index in [-0.39, 0.29) is 0 Å². The molecular weight excluding hydrogens is 258 g/mol. The molecule has 0 radical (unpaired) electrons. The number of hydrogen-bond donors (Lipinski definition) is 1. The van der Waals surface area contributed by atoms with Gasteiger partial charge in [-0.3, -0.25) is 9.48 Å². The van der Waals surface area contributed by atoms with Crippen LogP contribution in [0.5, 0.6) is 0 Å². The molecule has 0 aliphatic carbocycles. The van der Waals surface area contributed by atoms with Crippen LogP contribution in [0, 0.1) is 6.92 Å². The van der Waals surface area contributed by atoms with Gasteiger partial charge in [0, 0.05) is 27.6 Å². The van der Waals surface area contributed by atoms with E-state index < -0.39 is 5.91 Å². The minimum absolute atomic E-state index is 0.298. The lowest BCUT2D eigenvalue weighted by atomic mass is 10.1. The van der Waals surface area contributed by atoms with Gasteiger partial charge in [-0.25, -0.2) is 0 Å². The first-order valence-corrected chi connectivity index (χ1v) is 6.72. The van der Waals surface area contributed by atoms with Gasteiger partial charge in [-0.15, -0.1) is 11.3 Å². The zero-order valence-electron chi connectivity index (χ0n) is 10.7. The maximum Gasteiger partial charge on any atom is 0.269 e. The molecule has 2 heterocycles. The molecule has 0 spiro atoms. The molecule has 0 saturated heterocycles. The van der Waals surface area contributed by atoms with Crippen molar-refractivity contribution in [1.82, 2.24) is 9.78 Å². The van der Waals surface area contributed by atoms with Gasteiger partial charge in [-0.05, 0) is 19.1 Å². The molecule has 3 aromatic rings. The summed E-state index contributed by atoms with van der Waals surface area (Å²) in [5.41, 5.74) is 7.63. The first-order chi connectivity index (χ1) is 9.08. The number of carbonyl (C=O) groups excluding carboxylic acids is 1. The summed E-state index contributed by atoms with van der Waals surface area (Å²) >= 11 is 1.74. The number of aromatic nitrogens is 2. The Morgan fingerprint density at radius 2 is 2.11 bits per heavy atom. The first kappa shape index (κ1) is 11.9. The van der Waals surface area contributed by atoms with Crippen molar-refractivity contribution in [3.8, 4) is 11.3 Å². The lowest BCUT2D eigenvalue weighted by Crippen LogP contribution is -2.11. The van der Waals surface area contributed by atoms with Crippen molar-refractivity contribution in [2.75, 3.05) is 0 Å². The van der Waals surface area contributed by atoms with Crippen LogP contribution in [-0.4, -0.2) is 15.7 Å². The Balaban J connectivity index is 2.30. The third-order valence-electron chi connectivity index (χ3n) is 3.16. The maximum absolute atomic E-state index is 11.2. The Labute approximate surface area is 114 Å². The molecule has 1 aromatic carbocycles. The predicted molar refractivity (Wildman–Crippen MR) is 77.3 cm³/mol. The highest BCUT2D eigenvalue weighted by molar-refractivity contribution is 7.19. The number of rotatable bonds is 2. The lowest BCUT2D eigenvalue weighted by molar-refractivity contribution is 0.0995. The highest BCUT2D eigenvalue weighted by Crippen LogP contribution is 2.38. The molecule has 0 aliphatic heterocycles. The van der Waals surface area contributed by atoms with Crippen molar-refractivity contribution in [2.24, 2.45) is 12.8 Å². The molecule has 0 unspecified atom stereocenters. The predicted octanol–water partition coefficient (Wildman–Crippen LogP) is 2.71. The van der Waals surface area contributed by atoms with E-state index in [9.17, 15) is 4.79 Å². The van der Waals surface area contributed by atoms with Gasteiger partial charge in [0.15, 0.2) is 5.69 Å². The molecule has 0 saturated carbocycles. The van der Waals surface area contributed by atoms with E-state index >= 15 is 0 Å². The van der Waals surface area contributed by atoms with Crippen molar-refractivity contribution < 1.29 is 4.79 Å². The summed E-state index contributed by atoms with van der Waals surface area (Å²) in [5.74, 6) is -0.501. The molecule has 0 bridgehead atoms. The number of thiophene rings is 1. The molecule has 0 atom stereocenters. The zero-order valence-corrected chi connectivity index (χ0v) is 11.5. The number of aryl methyl sites for hydroxylation is 2. The number of benzene rings is 1. The van der Waals surface area contributed by atoms with Crippen LogP contribution >= 0.6 is 11.3 Å². The normalized spacial score (nSPS) is 11.1. The van der Waals surface area contributed by atoms with Crippen LogP contribution in [0.25, 0.3) is 21.3 Å². The summed E-state index contributed by atoms with van der Waals surface area (Å²) in [4.78, 5) is 12.4. The van der Waals surface area contributed by atoms with Crippen LogP contribution in [0.3, 0.4) is 0 Å². The Morgan fingerprint density at radius 1 is 1.37 bits per heavy atom. The molecule has 3 rings (SSSR count). The van der Waals surface area contributed by atoms with E-state index in [1.165, 1.54) is 15.0 Å². The second-order valence-corrected chi connectivity index (χ2v) is 5.69. The summed E-state index contributed by atoms with van der Waals surface area (Å²) < 4.78 is 2.94. The molecular formula is C14H13N3OS. The molecule has 96 valence electrons. The standard InChI is InChI=1S/C14H13N3OS/c1-8-13(9-5-3-4-6-12(9)19-8)11-7-10(14(15)18)16-17(11)2/h3-7H,1-2H3,(H2,15,18). The maximum atomic E-state index is 11.2. The van der Waals surface area contributed by atoms with Crippen molar-refractivity contribution in [2.45, 2.75) is 6.92 Å². The summed E-state index contributed by atoms with van der Waals surface area (Å²) in [6, 6.07) is 9.99. The van der Waals surface area contributed by atoms with Gasteiger partial charge in [-0.1, -0.05) is 18.2 Å².